The normalized spacial score (nSPS) is 16.5. The topological polar surface area (TPSA) is 95.2 Å². The van der Waals surface area contributed by atoms with Gasteiger partial charge in [-0.3, -0.25) is 14.9 Å². The van der Waals surface area contributed by atoms with Crippen molar-refractivity contribution >= 4 is 28.1 Å². The first-order valence-corrected chi connectivity index (χ1v) is 13.3. The number of likely N-dealkylation sites (N-methyl/N-ethyl adjacent to an activating group) is 1. The number of anilines is 1. The molecular weight excluding hydrogens is 495 g/mol. The number of H-pyrrole nitrogens is 1. The molecule has 2 aromatic heterocycles. The fraction of sp³-hybridized carbons (Fsp3) is 0.433. The second-order valence-electron chi connectivity index (χ2n) is 11.4. The molecular formula is C30H39FN6O2. The van der Waals surface area contributed by atoms with Crippen molar-refractivity contribution in [3.8, 4) is 0 Å². The molecule has 9 heteroatoms. The van der Waals surface area contributed by atoms with E-state index in [4.69, 9.17) is 9.72 Å². The number of pyridine rings is 1. The Morgan fingerprint density at radius 2 is 1.87 bits per heavy atom. The molecule has 1 fully saturated rings. The van der Waals surface area contributed by atoms with Crippen LogP contribution in [0.2, 0.25) is 0 Å². The Labute approximate surface area is 229 Å². The van der Waals surface area contributed by atoms with Gasteiger partial charge in [-0.15, -0.1) is 0 Å². The molecule has 0 spiro atoms. The molecule has 1 saturated heterocycles. The van der Waals surface area contributed by atoms with Gasteiger partial charge in [-0.1, -0.05) is 17.7 Å². The first-order valence-electron chi connectivity index (χ1n) is 13.3. The highest BCUT2D eigenvalue weighted by Gasteiger charge is 2.38. The maximum absolute atomic E-state index is 14.4. The van der Waals surface area contributed by atoms with Gasteiger partial charge >= 0.3 is 0 Å². The maximum atomic E-state index is 14.4. The van der Waals surface area contributed by atoms with Crippen molar-refractivity contribution in [1.29, 1.82) is 0 Å². The number of carbonyl (C=O) groups is 1. The van der Waals surface area contributed by atoms with Crippen LogP contribution in [-0.2, 0) is 9.53 Å². The summed E-state index contributed by atoms with van der Waals surface area (Å²) < 4.78 is 20.8. The Morgan fingerprint density at radius 3 is 2.54 bits per heavy atom. The van der Waals surface area contributed by atoms with Crippen LogP contribution in [0.4, 0.5) is 10.1 Å². The second kappa shape index (κ2) is 11.7. The van der Waals surface area contributed by atoms with Crippen molar-refractivity contribution in [3.05, 3.63) is 71.5 Å². The van der Waals surface area contributed by atoms with Crippen molar-refractivity contribution in [3.63, 3.8) is 0 Å². The maximum Gasteiger partial charge on any atom is 0.245 e. The zero-order chi connectivity index (χ0) is 28.2. The smallest absolute Gasteiger partial charge is 0.245 e. The number of amides is 1. The van der Waals surface area contributed by atoms with Crippen LogP contribution in [0.15, 0.2) is 54.3 Å². The Bertz CT molecular complexity index is 1350. The zero-order valence-corrected chi connectivity index (χ0v) is 23.7. The molecule has 3 N–H and O–H groups in total. The van der Waals surface area contributed by atoms with E-state index in [9.17, 15) is 9.18 Å². The third-order valence-electron chi connectivity index (χ3n) is 6.59. The zero-order valence-electron chi connectivity index (χ0n) is 23.7. The van der Waals surface area contributed by atoms with E-state index < -0.39 is 5.95 Å². The fourth-order valence-electron chi connectivity index (χ4n) is 5.19. The summed E-state index contributed by atoms with van der Waals surface area (Å²) in [4.78, 5) is 17.9. The van der Waals surface area contributed by atoms with E-state index in [0.29, 0.717) is 24.0 Å². The average Bonchev–Trinajstić information content (AvgIpc) is 3.22. The number of benzene rings is 1. The van der Waals surface area contributed by atoms with Gasteiger partial charge in [0.05, 0.1) is 39.7 Å². The second-order valence-corrected chi connectivity index (χ2v) is 11.4. The molecule has 1 aliphatic rings. The van der Waals surface area contributed by atoms with Crippen LogP contribution in [0.25, 0.3) is 16.5 Å². The van der Waals surface area contributed by atoms with Gasteiger partial charge in [0.2, 0.25) is 11.9 Å². The molecule has 1 aliphatic heterocycles. The molecule has 4 rings (SSSR count). The minimum absolute atomic E-state index is 0.0295. The fourth-order valence-corrected chi connectivity index (χ4v) is 5.19. The lowest BCUT2D eigenvalue weighted by molar-refractivity contribution is -0.138. The number of fused-ring (bicyclic) bond motifs is 1. The molecule has 1 aromatic carbocycles. The van der Waals surface area contributed by atoms with E-state index in [1.54, 1.807) is 20.2 Å². The molecule has 3 heterocycles. The lowest BCUT2D eigenvalue weighted by Gasteiger charge is -2.43. The Hall–Kier alpha value is -3.56. The summed E-state index contributed by atoms with van der Waals surface area (Å²) in [5.74, 6) is -0.470. The Kier molecular flexibility index (Phi) is 8.51. The molecule has 0 aliphatic carbocycles. The van der Waals surface area contributed by atoms with Crippen LogP contribution < -0.4 is 10.6 Å². The quantitative estimate of drug-likeness (QED) is 0.267. The van der Waals surface area contributed by atoms with Crippen LogP contribution in [0.3, 0.4) is 0 Å². The number of halogens is 1. The van der Waals surface area contributed by atoms with Gasteiger partial charge in [0, 0.05) is 45.4 Å². The van der Waals surface area contributed by atoms with Crippen molar-refractivity contribution in [1.82, 2.24) is 25.4 Å². The molecule has 208 valence electrons. The Morgan fingerprint density at radius 1 is 1.13 bits per heavy atom. The predicted molar refractivity (Wildman–Crippen MR) is 154 cm³/mol. The van der Waals surface area contributed by atoms with E-state index in [1.165, 1.54) is 10.5 Å². The van der Waals surface area contributed by atoms with Gasteiger partial charge in [0.1, 0.15) is 0 Å². The molecule has 0 atom stereocenters. The van der Waals surface area contributed by atoms with Crippen molar-refractivity contribution in [2.45, 2.75) is 51.7 Å². The van der Waals surface area contributed by atoms with Crippen LogP contribution >= 0.6 is 0 Å². The number of hydrogen-bond donors (Lipinski definition) is 3. The third-order valence-corrected chi connectivity index (χ3v) is 6.59. The van der Waals surface area contributed by atoms with Gasteiger partial charge in [-0.25, -0.2) is 0 Å². The summed E-state index contributed by atoms with van der Waals surface area (Å²) in [7, 11) is 3.46. The van der Waals surface area contributed by atoms with Crippen LogP contribution in [0.5, 0.6) is 0 Å². The lowest BCUT2D eigenvalue weighted by atomic mass is 9.80. The summed E-state index contributed by atoms with van der Waals surface area (Å²) >= 11 is 0. The van der Waals surface area contributed by atoms with Gasteiger partial charge in [0.15, 0.2) is 0 Å². The summed E-state index contributed by atoms with van der Waals surface area (Å²) in [6.45, 7) is 10.5. The largest absolute Gasteiger partial charge is 0.383 e. The van der Waals surface area contributed by atoms with Crippen LogP contribution in [0.1, 0.15) is 51.8 Å². The van der Waals surface area contributed by atoms with Crippen LogP contribution in [0, 0.1) is 5.95 Å². The predicted octanol–water partition coefficient (Wildman–Crippen LogP) is 4.91. The molecule has 3 aromatic rings. The summed E-state index contributed by atoms with van der Waals surface area (Å²) in [6.07, 6.45) is 6.71. The molecule has 1 amide bonds. The minimum Gasteiger partial charge on any atom is -0.383 e. The average molecular weight is 535 g/mol. The molecule has 0 radical (unpaired) electrons. The number of carbonyl (C=O) groups excluding carboxylic acids is 1. The van der Waals surface area contributed by atoms with Crippen LogP contribution in [-0.4, -0.2) is 70.9 Å². The summed E-state index contributed by atoms with van der Waals surface area (Å²) in [6, 6.07) is 9.71. The molecule has 0 unspecified atom stereocenters. The van der Waals surface area contributed by atoms with Gasteiger partial charge < -0.3 is 20.3 Å². The third kappa shape index (κ3) is 7.30. The highest BCUT2D eigenvalue weighted by Crippen LogP contribution is 2.43. The van der Waals surface area contributed by atoms with E-state index in [-0.39, 0.29) is 17.1 Å². The first-order chi connectivity index (χ1) is 18.4. The van der Waals surface area contributed by atoms with Gasteiger partial charge in [-0.05, 0) is 70.4 Å². The Balaban J connectivity index is 1.53. The number of aromatic amines is 1. The van der Waals surface area contributed by atoms with Gasteiger partial charge in [-0.2, -0.15) is 9.49 Å². The molecule has 0 bridgehead atoms. The summed E-state index contributed by atoms with van der Waals surface area (Å²) in [5, 5.41) is 13.6. The SMILES string of the molecule is CN(C)C(=O)/C=C/CNCCNc1ccc(C(=C2CC(C)(C)OC(C)(C)C2)c2ccc3n[nH]c(F)c3c2)nc1. The lowest BCUT2D eigenvalue weighted by Crippen LogP contribution is -2.42. The van der Waals surface area contributed by atoms with E-state index in [2.05, 4.69) is 48.5 Å². The first kappa shape index (κ1) is 28.4. The number of aromatic nitrogens is 3. The number of ether oxygens (including phenoxy) is 1. The number of nitrogens with zero attached hydrogens (tertiary/aromatic N) is 3. The van der Waals surface area contributed by atoms with E-state index in [0.717, 1.165) is 41.9 Å². The number of hydrogen-bond acceptors (Lipinski definition) is 6. The molecule has 0 saturated carbocycles. The van der Waals surface area contributed by atoms with Crippen molar-refractivity contribution in [2.24, 2.45) is 0 Å². The van der Waals surface area contributed by atoms with Crippen molar-refractivity contribution in [2.75, 3.05) is 39.0 Å². The minimum atomic E-state index is -0.440. The van der Waals surface area contributed by atoms with Gasteiger partial charge in [0.25, 0.3) is 0 Å². The highest BCUT2D eigenvalue weighted by atomic mass is 19.1. The van der Waals surface area contributed by atoms with E-state index in [1.807, 2.05) is 42.6 Å². The summed E-state index contributed by atoms with van der Waals surface area (Å²) in [5.41, 5.74) is 4.81. The molecule has 39 heavy (non-hydrogen) atoms. The number of rotatable bonds is 9. The standard InChI is InChI=1S/C30H39FN6O2/c1-29(2)17-21(18-30(3,4)39-29)27(20-9-11-24-23(16-20)28(31)36-35-24)25-12-10-22(19-34-25)33-15-14-32-13-7-8-26(38)37(5)6/h7-12,16,19,32-33H,13-15,17-18H2,1-6H3,(H,35,36)/b8-7+. The van der Waals surface area contributed by atoms with Crippen molar-refractivity contribution < 1.29 is 13.9 Å². The highest BCUT2D eigenvalue weighted by molar-refractivity contribution is 5.88. The monoisotopic (exact) mass is 534 g/mol. The van der Waals surface area contributed by atoms with E-state index >= 15 is 0 Å². The number of nitrogens with one attached hydrogen (secondary N) is 3. The molecule has 8 nitrogen and oxygen atoms in total.